The maximum atomic E-state index is 13.3. The van der Waals surface area contributed by atoms with E-state index >= 15 is 0 Å². The molecule has 1 aromatic carbocycles. The zero-order chi connectivity index (χ0) is 21.6. The van der Waals surface area contributed by atoms with Crippen LogP contribution in [0.25, 0.3) is 0 Å². The molecule has 0 spiro atoms. The molecule has 3 aliphatic rings. The first-order chi connectivity index (χ1) is 15.2. The summed E-state index contributed by atoms with van der Waals surface area (Å²) in [5.41, 5.74) is 1.04. The van der Waals surface area contributed by atoms with E-state index in [2.05, 4.69) is 0 Å². The second kappa shape index (κ2) is 10.4. The van der Waals surface area contributed by atoms with E-state index < -0.39 is 6.29 Å². The van der Waals surface area contributed by atoms with Gasteiger partial charge in [0, 0.05) is 32.0 Å². The van der Waals surface area contributed by atoms with Crippen molar-refractivity contribution in [3.05, 3.63) is 35.6 Å². The number of carbonyl (C=O) groups excluding carboxylic acids is 1. The highest BCUT2D eigenvalue weighted by molar-refractivity contribution is 5.91. The summed E-state index contributed by atoms with van der Waals surface area (Å²) < 4.78 is 22.9. The number of unbranched alkanes of at least 4 members (excludes halogenated alkanes) is 1. The molecule has 0 aromatic heterocycles. The van der Waals surface area contributed by atoms with Crippen molar-refractivity contribution in [2.24, 2.45) is 0 Å². The number of fused-ring (bicyclic) bond motifs is 1. The van der Waals surface area contributed by atoms with E-state index in [0.29, 0.717) is 25.2 Å². The molecule has 2 heterocycles. The molecular formula is C24H33NO6. The number of amides is 1. The molecule has 7 nitrogen and oxygen atoms in total. The Morgan fingerprint density at radius 3 is 2.77 bits per heavy atom. The van der Waals surface area contributed by atoms with Crippen molar-refractivity contribution in [3.8, 4) is 11.5 Å². The number of ether oxygens (including phenoxy) is 4. The van der Waals surface area contributed by atoms with Gasteiger partial charge in [-0.2, -0.15) is 0 Å². The van der Waals surface area contributed by atoms with Crippen LogP contribution < -0.4 is 9.47 Å². The van der Waals surface area contributed by atoms with Crippen LogP contribution in [0.3, 0.4) is 0 Å². The predicted octanol–water partition coefficient (Wildman–Crippen LogP) is 3.71. The number of carbonyl (C=O) groups is 1. The Bertz CT molecular complexity index is 788. The van der Waals surface area contributed by atoms with Crippen LogP contribution in [0.15, 0.2) is 30.0 Å². The highest BCUT2D eigenvalue weighted by atomic mass is 16.7. The van der Waals surface area contributed by atoms with Gasteiger partial charge in [-0.25, -0.2) is 0 Å². The van der Waals surface area contributed by atoms with E-state index in [1.807, 2.05) is 36.2 Å². The third-order valence-corrected chi connectivity index (χ3v) is 6.39. The zero-order valence-electron chi connectivity index (χ0n) is 18.3. The van der Waals surface area contributed by atoms with Crippen molar-refractivity contribution >= 4 is 5.91 Å². The van der Waals surface area contributed by atoms with Gasteiger partial charge in [-0.15, -0.1) is 0 Å². The lowest BCUT2D eigenvalue weighted by atomic mass is 9.91. The number of likely N-dealkylation sites (N-methyl/N-ethyl adjacent to an activating group) is 1. The average molecular weight is 432 g/mol. The molecule has 2 atom stereocenters. The molecule has 170 valence electrons. The molecule has 0 unspecified atom stereocenters. The van der Waals surface area contributed by atoms with Gasteiger partial charge in [-0.1, -0.05) is 25.3 Å². The van der Waals surface area contributed by atoms with Gasteiger partial charge in [0.1, 0.15) is 0 Å². The fourth-order valence-corrected chi connectivity index (χ4v) is 4.52. The summed E-state index contributed by atoms with van der Waals surface area (Å²) in [5.74, 6) is 1.72. The first kappa shape index (κ1) is 22.0. The molecule has 1 N–H and O–H groups in total. The van der Waals surface area contributed by atoms with Crippen molar-refractivity contribution in [2.45, 2.75) is 69.6 Å². The summed E-state index contributed by atoms with van der Waals surface area (Å²) in [5, 5.41) is 9.00. The van der Waals surface area contributed by atoms with Gasteiger partial charge in [0.15, 0.2) is 17.3 Å². The minimum absolute atomic E-state index is 0.0233. The standard InChI is InChI=1S/C24H33NO6/c1-25(19-7-3-2-4-8-19)24(27)22-14-18(15-23(31-22)28-12-6-5-11-26)17-9-10-20-21(13-17)30-16-29-20/h9-10,13-14,18-19,23,26H,2-8,11-12,15-16H2,1H3/t18-,23+/m0/s1. The summed E-state index contributed by atoms with van der Waals surface area (Å²) in [7, 11) is 1.88. The quantitative estimate of drug-likeness (QED) is 0.633. The highest BCUT2D eigenvalue weighted by Crippen LogP contribution is 2.39. The first-order valence-electron chi connectivity index (χ1n) is 11.4. The smallest absolute Gasteiger partial charge is 0.288 e. The van der Waals surface area contributed by atoms with Crippen molar-refractivity contribution in [1.29, 1.82) is 0 Å². The van der Waals surface area contributed by atoms with Crippen LogP contribution in [0.4, 0.5) is 0 Å². The maximum Gasteiger partial charge on any atom is 0.288 e. The monoisotopic (exact) mass is 431 g/mol. The molecule has 1 fully saturated rings. The van der Waals surface area contributed by atoms with Gasteiger partial charge < -0.3 is 29.0 Å². The second-order valence-electron chi connectivity index (χ2n) is 8.54. The van der Waals surface area contributed by atoms with E-state index in [-0.39, 0.29) is 31.3 Å². The van der Waals surface area contributed by atoms with Gasteiger partial charge in [0.2, 0.25) is 13.1 Å². The third-order valence-electron chi connectivity index (χ3n) is 6.39. The number of hydrogen-bond acceptors (Lipinski definition) is 6. The topological polar surface area (TPSA) is 77.5 Å². The largest absolute Gasteiger partial charge is 0.459 e. The van der Waals surface area contributed by atoms with Crippen LogP contribution >= 0.6 is 0 Å². The van der Waals surface area contributed by atoms with Crippen molar-refractivity contribution < 1.29 is 28.8 Å². The first-order valence-corrected chi connectivity index (χ1v) is 11.4. The normalized spacial score (nSPS) is 23.2. The fraction of sp³-hybridized carbons (Fsp3) is 0.625. The second-order valence-corrected chi connectivity index (χ2v) is 8.54. The third kappa shape index (κ3) is 5.33. The molecule has 0 saturated heterocycles. The summed E-state index contributed by atoms with van der Waals surface area (Å²) in [6, 6.07) is 6.16. The Hall–Kier alpha value is -2.25. The summed E-state index contributed by atoms with van der Waals surface area (Å²) in [6.07, 6.45) is 9.13. The number of aliphatic hydroxyl groups is 1. The van der Waals surface area contributed by atoms with E-state index in [4.69, 9.17) is 24.1 Å². The van der Waals surface area contributed by atoms with Gasteiger partial charge in [0.05, 0.1) is 6.61 Å². The van der Waals surface area contributed by atoms with Crippen LogP contribution in [0.1, 0.15) is 62.8 Å². The lowest BCUT2D eigenvalue weighted by Gasteiger charge is -2.34. The Morgan fingerprint density at radius 2 is 1.97 bits per heavy atom. The molecule has 0 radical (unpaired) electrons. The number of rotatable bonds is 8. The lowest BCUT2D eigenvalue weighted by Crippen LogP contribution is -2.41. The van der Waals surface area contributed by atoms with Gasteiger partial charge in [-0.05, 0) is 49.5 Å². The molecule has 1 aromatic rings. The molecule has 1 aliphatic carbocycles. The number of nitrogens with zero attached hydrogens (tertiary/aromatic N) is 1. The van der Waals surface area contributed by atoms with Gasteiger partial charge in [-0.3, -0.25) is 4.79 Å². The average Bonchev–Trinajstić information content (AvgIpc) is 3.29. The maximum absolute atomic E-state index is 13.3. The minimum atomic E-state index is -0.502. The molecule has 2 aliphatic heterocycles. The summed E-state index contributed by atoms with van der Waals surface area (Å²) >= 11 is 0. The molecule has 4 rings (SSSR count). The molecule has 1 saturated carbocycles. The van der Waals surface area contributed by atoms with Crippen LogP contribution in [0, 0.1) is 0 Å². The van der Waals surface area contributed by atoms with Crippen molar-refractivity contribution in [1.82, 2.24) is 4.90 Å². The van der Waals surface area contributed by atoms with Crippen molar-refractivity contribution in [2.75, 3.05) is 27.1 Å². The van der Waals surface area contributed by atoms with E-state index in [9.17, 15) is 4.79 Å². The molecule has 7 heteroatoms. The van der Waals surface area contributed by atoms with Gasteiger partial charge in [0.25, 0.3) is 5.91 Å². The Balaban J connectivity index is 1.51. The fourth-order valence-electron chi connectivity index (χ4n) is 4.52. The zero-order valence-corrected chi connectivity index (χ0v) is 18.3. The SMILES string of the molecule is CN(C(=O)C1=C[C@H](c2ccc3c(c2)OCO3)C[C@H](OCCCCO)O1)C1CCCCC1. The molecule has 0 bridgehead atoms. The van der Waals surface area contributed by atoms with E-state index in [0.717, 1.165) is 36.3 Å². The Labute approximate surface area is 183 Å². The minimum Gasteiger partial charge on any atom is -0.459 e. The lowest BCUT2D eigenvalue weighted by molar-refractivity contribution is -0.153. The molecular weight excluding hydrogens is 398 g/mol. The number of benzene rings is 1. The summed E-state index contributed by atoms with van der Waals surface area (Å²) in [4.78, 5) is 15.1. The van der Waals surface area contributed by atoms with Crippen molar-refractivity contribution in [3.63, 3.8) is 0 Å². The van der Waals surface area contributed by atoms with E-state index in [1.165, 1.54) is 19.3 Å². The van der Waals surface area contributed by atoms with Crippen LogP contribution in [-0.2, 0) is 14.3 Å². The number of allylic oxidation sites excluding steroid dienone is 1. The number of hydrogen-bond donors (Lipinski definition) is 1. The highest BCUT2D eigenvalue weighted by Gasteiger charge is 2.33. The summed E-state index contributed by atoms with van der Waals surface area (Å²) in [6.45, 7) is 0.860. The molecule has 1 amide bonds. The number of aliphatic hydroxyl groups excluding tert-OH is 1. The molecule has 31 heavy (non-hydrogen) atoms. The Kier molecular flexibility index (Phi) is 7.35. The van der Waals surface area contributed by atoms with Crippen LogP contribution in [0.2, 0.25) is 0 Å². The van der Waals surface area contributed by atoms with E-state index in [1.54, 1.807) is 0 Å². The predicted molar refractivity (Wildman–Crippen MR) is 115 cm³/mol. The Morgan fingerprint density at radius 1 is 1.16 bits per heavy atom. The van der Waals surface area contributed by atoms with Gasteiger partial charge >= 0.3 is 0 Å². The van der Waals surface area contributed by atoms with Crippen LogP contribution in [0.5, 0.6) is 11.5 Å². The van der Waals surface area contributed by atoms with Crippen LogP contribution in [-0.4, -0.2) is 55.3 Å².